The quantitative estimate of drug-likeness (QED) is 0.618. The van der Waals surface area contributed by atoms with Crippen molar-refractivity contribution in [2.75, 3.05) is 5.73 Å². The highest BCUT2D eigenvalue weighted by Crippen LogP contribution is 2.25. The van der Waals surface area contributed by atoms with Gasteiger partial charge in [-0.3, -0.25) is 4.79 Å². The van der Waals surface area contributed by atoms with Crippen LogP contribution in [-0.2, 0) is 0 Å². The fraction of sp³-hybridized carbons (Fsp3) is 0. The molecule has 16 heavy (non-hydrogen) atoms. The topological polar surface area (TPSA) is 43.1 Å². The second-order valence-corrected chi connectivity index (χ2v) is 3.44. The molecule has 2 aromatic rings. The number of hydrogen-bond donors (Lipinski definition) is 1. The lowest BCUT2D eigenvalue weighted by molar-refractivity contribution is 0.112. The Bertz CT molecular complexity index is 537. The molecule has 0 aliphatic rings. The summed E-state index contributed by atoms with van der Waals surface area (Å²) in [4.78, 5) is 10.6. The maximum Gasteiger partial charge on any atom is 0.152 e. The molecule has 0 bridgehead atoms. The summed E-state index contributed by atoms with van der Waals surface area (Å²) in [6.45, 7) is 0. The third-order valence-electron chi connectivity index (χ3n) is 2.40. The first-order valence-corrected chi connectivity index (χ1v) is 4.82. The van der Waals surface area contributed by atoms with Crippen molar-refractivity contribution in [3.05, 3.63) is 53.8 Å². The van der Waals surface area contributed by atoms with Gasteiger partial charge < -0.3 is 5.73 Å². The van der Waals surface area contributed by atoms with Gasteiger partial charge in [-0.1, -0.05) is 24.3 Å². The molecule has 2 aromatic carbocycles. The van der Waals surface area contributed by atoms with Gasteiger partial charge in [-0.15, -0.1) is 0 Å². The van der Waals surface area contributed by atoms with Gasteiger partial charge in [0.05, 0.1) is 0 Å². The Labute approximate surface area is 92.5 Å². The van der Waals surface area contributed by atoms with Crippen molar-refractivity contribution in [3.8, 4) is 11.1 Å². The standard InChI is InChI=1S/C13H10FNO/c14-12-4-2-1-3-11(12)9-5-6-10(8-16)13(15)7-9/h1-8H,15H2. The molecular formula is C13H10FNO. The first-order valence-electron chi connectivity index (χ1n) is 4.82. The Hall–Kier alpha value is -2.16. The van der Waals surface area contributed by atoms with Crippen LogP contribution in [0.4, 0.5) is 10.1 Å². The second-order valence-electron chi connectivity index (χ2n) is 3.44. The smallest absolute Gasteiger partial charge is 0.152 e. The van der Waals surface area contributed by atoms with Crippen molar-refractivity contribution < 1.29 is 9.18 Å². The SMILES string of the molecule is Nc1cc(-c2ccccc2F)ccc1C=O. The fourth-order valence-corrected chi connectivity index (χ4v) is 1.54. The third kappa shape index (κ3) is 1.80. The predicted octanol–water partition coefficient (Wildman–Crippen LogP) is 2.89. The highest BCUT2D eigenvalue weighted by Gasteiger charge is 2.05. The van der Waals surface area contributed by atoms with Gasteiger partial charge in [0.15, 0.2) is 6.29 Å². The van der Waals surface area contributed by atoms with Crippen LogP contribution in [-0.4, -0.2) is 6.29 Å². The summed E-state index contributed by atoms with van der Waals surface area (Å²) in [5, 5.41) is 0. The average molecular weight is 215 g/mol. The normalized spacial score (nSPS) is 10.1. The lowest BCUT2D eigenvalue weighted by Gasteiger charge is -2.05. The summed E-state index contributed by atoms with van der Waals surface area (Å²) in [5.74, 6) is -0.305. The van der Waals surface area contributed by atoms with Crippen LogP contribution in [0.2, 0.25) is 0 Å². The first-order chi connectivity index (χ1) is 7.72. The Morgan fingerprint density at radius 2 is 1.88 bits per heavy atom. The Morgan fingerprint density at radius 1 is 1.12 bits per heavy atom. The number of nitrogens with two attached hydrogens (primary N) is 1. The summed E-state index contributed by atoms with van der Waals surface area (Å²) in [6, 6.07) is 11.3. The molecule has 0 unspecified atom stereocenters. The molecule has 2 N–H and O–H groups in total. The van der Waals surface area contributed by atoms with Gasteiger partial charge in [0.1, 0.15) is 5.82 Å². The number of hydrogen-bond acceptors (Lipinski definition) is 2. The number of aldehydes is 1. The van der Waals surface area contributed by atoms with Gasteiger partial charge in [-0.05, 0) is 23.8 Å². The zero-order valence-corrected chi connectivity index (χ0v) is 8.48. The molecule has 0 fully saturated rings. The van der Waals surface area contributed by atoms with E-state index >= 15 is 0 Å². The number of rotatable bonds is 2. The van der Waals surface area contributed by atoms with Crippen molar-refractivity contribution in [2.24, 2.45) is 0 Å². The molecule has 0 radical (unpaired) electrons. The summed E-state index contributed by atoms with van der Waals surface area (Å²) < 4.78 is 13.5. The van der Waals surface area contributed by atoms with Crippen LogP contribution < -0.4 is 5.73 Å². The molecule has 3 heteroatoms. The second kappa shape index (κ2) is 4.14. The minimum Gasteiger partial charge on any atom is -0.398 e. The molecule has 0 spiro atoms. The predicted molar refractivity (Wildman–Crippen MR) is 61.6 cm³/mol. The van der Waals surface area contributed by atoms with Gasteiger partial charge in [-0.2, -0.15) is 0 Å². The lowest BCUT2D eigenvalue weighted by Crippen LogP contribution is -1.93. The van der Waals surface area contributed by atoms with E-state index in [0.29, 0.717) is 28.7 Å². The van der Waals surface area contributed by atoms with Crippen LogP contribution in [0.15, 0.2) is 42.5 Å². The van der Waals surface area contributed by atoms with Gasteiger partial charge in [0, 0.05) is 16.8 Å². The molecule has 2 nitrogen and oxygen atoms in total. The minimum atomic E-state index is -0.305. The van der Waals surface area contributed by atoms with E-state index in [1.807, 2.05) is 0 Å². The molecule has 0 aliphatic heterocycles. The van der Waals surface area contributed by atoms with E-state index in [9.17, 15) is 9.18 Å². The van der Waals surface area contributed by atoms with Crippen molar-refractivity contribution in [2.45, 2.75) is 0 Å². The van der Waals surface area contributed by atoms with Crippen molar-refractivity contribution in [3.63, 3.8) is 0 Å². The van der Waals surface area contributed by atoms with Gasteiger partial charge in [0.2, 0.25) is 0 Å². The summed E-state index contributed by atoms with van der Waals surface area (Å²) in [6.07, 6.45) is 0.681. The van der Waals surface area contributed by atoms with Crippen LogP contribution in [0.5, 0.6) is 0 Å². The Kier molecular flexibility index (Phi) is 2.68. The fourth-order valence-electron chi connectivity index (χ4n) is 1.54. The van der Waals surface area contributed by atoms with Crippen LogP contribution in [0, 0.1) is 5.82 Å². The number of benzene rings is 2. The van der Waals surface area contributed by atoms with E-state index in [0.717, 1.165) is 0 Å². The number of carbonyl (C=O) groups excluding carboxylic acids is 1. The zero-order valence-electron chi connectivity index (χ0n) is 8.48. The Balaban J connectivity index is 2.54. The van der Waals surface area contributed by atoms with Crippen molar-refractivity contribution >= 4 is 12.0 Å². The molecular weight excluding hydrogens is 205 g/mol. The molecule has 0 saturated heterocycles. The van der Waals surface area contributed by atoms with Gasteiger partial charge >= 0.3 is 0 Å². The van der Waals surface area contributed by atoms with E-state index < -0.39 is 0 Å². The van der Waals surface area contributed by atoms with Crippen molar-refractivity contribution in [1.82, 2.24) is 0 Å². The molecule has 80 valence electrons. The Morgan fingerprint density at radius 3 is 2.50 bits per heavy atom. The van der Waals surface area contributed by atoms with Crippen LogP contribution in [0.25, 0.3) is 11.1 Å². The molecule has 0 amide bonds. The number of anilines is 1. The average Bonchev–Trinajstić information content (AvgIpc) is 2.29. The van der Waals surface area contributed by atoms with Gasteiger partial charge in [-0.25, -0.2) is 4.39 Å². The van der Waals surface area contributed by atoms with E-state index in [4.69, 9.17) is 5.73 Å². The number of nitrogen functional groups attached to an aromatic ring is 1. The van der Waals surface area contributed by atoms with Gasteiger partial charge in [0.25, 0.3) is 0 Å². The third-order valence-corrected chi connectivity index (χ3v) is 2.40. The first kappa shape index (κ1) is 10.4. The summed E-state index contributed by atoms with van der Waals surface area (Å²) in [5.41, 5.74) is 7.59. The maximum atomic E-state index is 13.5. The highest BCUT2D eigenvalue weighted by atomic mass is 19.1. The van der Waals surface area contributed by atoms with E-state index in [2.05, 4.69) is 0 Å². The van der Waals surface area contributed by atoms with E-state index in [1.165, 1.54) is 6.07 Å². The summed E-state index contributed by atoms with van der Waals surface area (Å²) in [7, 11) is 0. The largest absolute Gasteiger partial charge is 0.398 e. The lowest BCUT2D eigenvalue weighted by atomic mass is 10.0. The molecule has 0 aliphatic carbocycles. The highest BCUT2D eigenvalue weighted by molar-refractivity contribution is 5.85. The minimum absolute atomic E-state index is 0.305. The monoisotopic (exact) mass is 215 g/mol. The van der Waals surface area contributed by atoms with Crippen molar-refractivity contribution in [1.29, 1.82) is 0 Å². The number of halogens is 1. The molecule has 2 rings (SSSR count). The van der Waals surface area contributed by atoms with Crippen LogP contribution in [0.1, 0.15) is 10.4 Å². The zero-order chi connectivity index (χ0) is 11.5. The van der Waals surface area contributed by atoms with Crippen LogP contribution in [0.3, 0.4) is 0 Å². The van der Waals surface area contributed by atoms with E-state index in [1.54, 1.807) is 36.4 Å². The maximum absolute atomic E-state index is 13.5. The molecule has 0 heterocycles. The van der Waals surface area contributed by atoms with Crippen LogP contribution >= 0.6 is 0 Å². The molecule has 0 atom stereocenters. The molecule has 0 aromatic heterocycles. The van der Waals surface area contributed by atoms with E-state index in [-0.39, 0.29) is 5.82 Å². The number of carbonyl (C=O) groups is 1. The molecule has 0 saturated carbocycles. The summed E-state index contributed by atoms with van der Waals surface area (Å²) >= 11 is 0.